The van der Waals surface area contributed by atoms with Crippen molar-refractivity contribution in [3.8, 4) is 6.01 Å². The molecular weight excluding hydrogens is 310 g/mol. The zero-order valence-electron chi connectivity index (χ0n) is 10.6. The maximum absolute atomic E-state index is 5.62. The second-order valence-electron chi connectivity index (χ2n) is 4.10. The molecule has 0 radical (unpaired) electrons. The summed E-state index contributed by atoms with van der Waals surface area (Å²) in [4.78, 5) is 12.1. The van der Waals surface area contributed by atoms with Crippen LogP contribution in [0.3, 0.4) is 0 Å². The molecule has 2 aromatic rings. The van der Waals surface area contributed by atoms with E-state index in [1.54, 1.807) is 0 Å². The lowest BCUT2D eigenvalue weighted by Crippen LogP contribution is -2.11. The largest absolute Gasteiger partial charge is 0.461 e. The first kappa shape index (κ1) is 13.5. The minimum atomic E-state index is -0.0256. The Labute approximate surface area is 119 Å². The van der Waals surface area contributed by atoms with Crippen molar-refractivity contribution in [1.82, 2.24) is 15.0 Å². The Kier molecular flexibility index (Phi) is 4.16. The van der Waals surface area contributed by atoms with Gasteiger partial charge in [-0.15, -0.1) is 0 Å². The summed E-state index contributed by atoms with van der Waals surface area (Å²) in [5, 5.41) is 3.04. The van der Waals surface area contributed by atoms with E-state index in [9.17, 15) is 0 Å². The average Bonchev–Trinajstić information content (AvgIpc) is 2.30. The van der Waals surface area contributed by atoms with Gasteiger partial charge in [0, 0.05) is 10.2 Å². The molecule has 1 heterocycles. The van der Waals surface area contributed by atoms with Gasteiger partial charge < -0.3 is 15.8 Å². The lowest BCUT2D eigenvalue weighted by Gasteiger charge is -2.10. The minimum Gasteiger partial charge on any atom is -0.461 e. The van der Waals surface area contributed by atoms with E-state index in [0.29, 0.717) is 5.95 Å². The molecule has 2 rings (SSSR count). The molecule has 0 fully saturated rings. The van der Waals surface area contributed by atoms with Gasteiger partial charge in [0.25, 0.3) is 0 Å². The number of ether oxygens (including phenoxy) is 1. The molecule has 0 amide bonds. The summed E-state index contributed by atoms with van der Waals surface area (Å²) >= 11 is 3.37. The summed E-state index contributed by atoms with van der Waals surface area (Å²) in [6, 6.07) is 7.83. The Morgan fingerprint density at radius 1 is 1.16 bits per heavy atom. The second kappa shape index (κ2) is 5.83. The third-order valence-electron chi connectivity index (χ3n) is 2.07. The van der Waals surface area contributed by atoms with Gasteiger partial charge in [0.15, 0.2) is 0 Å². The Morgan fingerprint density at radius 2 is 1.84 bits per heavy atom. The Hall–Kier alpha value is -1.89. The highest BCUT2D eigenvalue weighted by atomic mass is 79.9. The normalized spacial score (nSPS) is 10.5. The molecule has 7 heteroatoms. The first-order valence-electron chi connectivity index (χ1n) is 5.74. The third kappa shape index (κ3) is 4.06. The van der Waals surface area contributed by atoms with Crippen LogP contribution in [0.1, 0.15) is 13.8 Å². The molecule has 19 heavy (non-hydrogen) atoms. The van der Waals surface area contributed by atoms with Crippen molar-refractivity contribution in [3.05, 3.63) is 28.7 Å². The molecule has 1 aromatic carbocycles. The highest BCUT2D eigenvalue weighted by Gasteiger charge is 2.07. The predicted octanol–water partition coefficient (Wildman–Crippen LogP) is 2.75. The van der Waals surface area contributed by atoms with E-state index < -0.39 is 0 Å². The summed E-state index contributed by atoms with van der Waals surface area (Å²) < 4.78 is 6.40. The number of benzene rings is 1. The number of halogens is 1. The number of aromatic nitrogens is 3. The van der Waals surface area contributed by atoms with Crippen molar-refractivity contribution in [2.45, 2.75) is 20.0 Å². The maximum Gasteiger partial charge on any atom is 0.323 e. The zero-order valence-corrected chi connectivity index (χ0v) is 12.2. The van der Waals surface area contributed by atoms with E-state index in [1.807, 2.05) is 38.1 Å². The van der Waals surface area contributed by atoms with E-state index in [1.165, 1.54) is 0 Å². The smallest absolute Gasteiger partial charge is 0.323 e. The predicted molar refractivity (Wildman–Crippen MR) is 77.4 cm³/mol. The fourth-order valence-electron chi connectivity index (χ4n) is 1.35. The van der Waals surface area contributed by atoms with Gasteiger partial charge in [-0.25, -0.2) is 0 Å². The van der Waals surface area contributed by atoms with Crippen LogP contribution in [0.15, 0.2) is 28.7 Å². The first-order chi connectivity index (χ1) is 9.02. The van der Waals surface area contributed by atoms with Crippen LogP contribution in [0, 0.1) is 0 Å². The number of nitrogens with two attached hydrogens (primary N) is 1. The summed E-state index contributed by atoms with van der Waals surface area (Å²) in [5.74, 6) is 0.468. The topological polar surface area (TPSA) is 86.0 Å². The standard InChI is InChI=1S/C12H14BrN5O/c1-7(2)19-12-17-10(14)16-11(18-12)15-9-5-3-8(13)4-6-9/h3-7H,1-2H3,(H3,14,15,16,17,18). The number of nitrogen functional groups attached to an aromatic ring is 1. The van der Waals surface area contributed by atoms with Crippen LogP contribution in [-0.2, 0) is 0 Å². The van der Waals surface area contributed by atoms with E-state index in [-0.39, 0.29) is 18.1 Å². The van der Waals surface area contributed by atoms with Crippen LogP contribution in [0.4, 0.5) is 17.6 Å². The fourth-order valence-corrected chi connectivity index (χ4v) is 1.62. The number of hydrogen-bond donors (Lipinski definition) is 2. The highest BCUT2D eigenvalue weighted by Crippen LogP contribution is 2.18. The van der Waals surface area contributed by atoms with Crippen LogP contribution in [0.25, 0.3) is 0 Å². The van der Waals surface area contributed by atoms with Crippen molar-refractivity contribution >= 4 is 33.5 Å². The van der Waals surface area contributed by atoms with Gasteiger partial charge in [-0.05, 0) is 38.1 Å². The van der Waals surface area contributed by atoms with Crippen LogP contribution in [-0.4, -0.2) is 21.1 Å². The van der Waals surface area contributed by atoms with Crippen LogP contribution in [0.5, 0.6) is 6.01 Å². The maximum atomic E-state index is 5.62. The van der Waals surface area contributed by atoms with Crippen molar-refractivity contribution in [2.75, 3.05) is 11.1 Å². The zero-order chi connectivity index (χ0) is 13.8. The molecule has 3 N–H and O–H groups in total. The molecule has 100 valence electrons. The monoisotopic (exact) mass is 323 g/mol. The SMILES string of the molecule is CC(C)Oc1nc(N)nc(Nc2ccc(Br)cc2)n1. The summed E-state index contributed by atoms with van der Waals surface area (Å²) in [6.45, 7) is 3.78. The molecule has 6 nitrogen and oxygen atoms in total. The van der Waals surface area contributed by atoms with Gasteiger partial charge in [0.1, 0.15) is 0 Å². The first-order valence-corrected chi connectivity index (χ1v) is 6.53. The van der Waals surface area contributed by atoms with Gasteiger partial charge in [-0.2, -0.15) is 15.0 Å². The molecule has 0 unspecified atom stereocenters. The number of hydrogen-bond acceptors (Lipinski definition) is 6. The van der Waals surface area contributed by atoms with Crippen molar-refractivity contribution in [3.63, 3.8) is 0 Å². The van der Waals surface area contributed by atoms with Gasteiger partial charge >= 0.3 is 6.01 Å². The Bertz CT molecular complexity index is 559. The number of nitrogens with one attached hydrogen (secondary N) is 1. The Morgan fingerprint density at radius 3 is 2.47 bits per heavy atom. The van der Waals surface area contributed by atoms with Crippen LogP contribution in [0.2, 0.25) is 0 Å². The van der Waals surface area contributed by atoms with E-state index in [0.717, 1.165) is 10.2 Å². The van der Waals surface area contributed by atoms with Gasteiger partial charge in [-0.1, -0.05) is 15.9 Å². The quantitative estimate of drug-likeness (QED) is 0.899. The van der Waals surface area contributed by atoms with E-state index in [4.69, 9.17) is 10.5 Å². The minimum absolute atomic E-state index is 0.0256. The lowest BCUT2D eigenvalue weighted by molar-refractivity contribution is 0.222. The van der Waals surface area contributed by atoms with E-state index in [2.05, 4.69) is 36.2 Å². The average molecular weight is 324 g/mol. The highest BCUT2D eigenvalue weighted by molar-refractivity contribution is 9.10. The van der Waals surface area contributed by atoms with Crippen molar-refractivity contribution < 1.29 is 4.74 Å². The summed E-state index contributed by atoms with van der Waals surface area (Å²) in [5.41, 5.74) is 6.47. The number of nitrogens with zero attached hydrogens (tertiary/aromatic N) is 3. The third-order valence-corrected chi connectivity index (χ3v) is 2.60. The van der Waals surface area contributed by atoms with Gasteiger partial charge in [-0.3, -0.25) is 0 Å². The molecule has 0 saturated carbocycles. The summed E-state index contributed by atoms with van der Waals surface area (Å²) in [7, 11) is 0. The molecule has 0 aliphatic carbocycles. The molecule has 0 aliphatic heterocycles. The van der Waals surface area contributed by atoms with Crippen LogP contribution >= 0.6 is 15.9 Å². The van der Waals surface area contributed by atoms with Crippen LogP contribution < -0.4 is 15.8 Å². The van der Waals surface area contributed by atoms with E-state index >= 15 is 0 Å². The fraction of sp³-hybridized carbons (Fsp3) is 0.250. The molecule has 0 atom stereocenters. The molecule has 0 aliphatic rings. The van der Waals surface area contributed by atoms with Crippen molar-refractivity contribution in [1.29, 1.82) is 0 Å². The second-order valence-corrected chi connectivity index (χ2v) is 5.01. The van der Waals surface area contributed by atoms with Gasteiger partial charge in [0.2, 0.25) is 11.9 Å². The molecule has 0 spiro atoms. The molecule has 1 aromatic heterocycles. The number of anilines is 3. The molecular formula is C12H14BrN5O. The number of rotatable bonds is 4. The molecule has 0 bridgehead atoms. The summed E-state index contributed by atoms with van der Waals surface area (Å²) in [6.07, 6.45) is -0.0256. The Balaban J connectivity index is 2.19. The lowest BCUT2D eigenvalue weighted by atomic mass is 10.3. The van der Waals surface area contributed by atoms with Crippen molar-refractivity contribution in [2.24, 2.45) is 0 Å². The van der Waals surface area contributed by atoms with Gasteiger partial charge in [0.05, 0.1) is 6.10 Å². The molecule has 0 saturated heterocycles.